The second-order valence-corrected chi connectivity index (χ2v) is 3.69. The first-order valence-corrected chi connectivity index (χ1v) is 5.04. The predicted molar refractivity (Wildman–Crippen MR) is 51.3 cm³/mol. The summed E-state index contributed by atoms with van der Waals surface area (Å²) in [7, 11) is 0. The van der Waals surface area contributed by atoms with Crippen molar-refractivity contribution in [3.8, 4) is 0 Å². The standard InChI is InChI=1S/C9H7NO4S/c1-5-8(15-4-10-5)9(12)14-7-3-2-6(11)13-7/h2-4,7H,1H3. The van der Waals surface area contributed by atoms with Gasteiger partial charge in [0, 0.05) is 12.2 Å². The van der Waals surface area contributed by atoms with Crippen molar-refractivity contribution in [1.82, 2.24) is 4.98 Å². The minimum Gasteiger partial charge on any atom is -0.418 e. The third-order valence-corrected chi connectivity index (χ3v) is 2.68. The Kier molecular flexibility index (Phi) is 2.51. The van der Waals surface area contributed by atoms with Gasteiger partial charge in [0.2, 0.25) is 0 Å². The lowest BCUT2D eigenvalue weighted by Crippen LogP contribution is -2.17. The fourth-order valence-electron chi connectivity index (χ4n) is 1.07. The lowest BCUT2D eigenvalue weighted by atomic mass is 10.4. The Balaban J connectivity index is 2.02. The van der Waals surface area contributed by atoms with E-state index in [-0.39, 0.29) is 0 Å². The number of hydrogen-bond donors (Lipinski definition) is 0. The molecule has 0 amide bonds. The van der Waals surface area contributed by atoms with Crippen LogP contribution >= 0.6 is 11.3 Å². The number of carbonyl (C=O) groups is 2. The van der Waals surface area contributed by atoms with Crippen molar-refractivity contribution in [2.75, 3.05) is 0 Å². The topological polar surface area (TPSA) is 65.5 Å². The van der Waals surface area contributed by atoms with Crippen LogP contribution in [0.2, 0.25) is 0 Å². The van der Waals surface area contributed by atoms with Gasteiger partial charge in [-0.1, -0.05) is 0 Å². The zero-order valence-electron chi connectivity index (χ0n) is 7.80. The summed E-state index contributed by atoms with van der Waals surface area (Å²) in [5.41, 5.74) is 2.17. The van der Waals surface area contributed by atoms with E-state index < -0.39 is 18.2 Å². The quantitative estimate of drug-likeness (QED) is 0.704. The van der Waals surface area contributed by atoms with E-state index in [2.05, 4.69) is 9.72 Å². The monoisotopic (exact) mass is 225 g/mol. The van der Waals surface area contributed by atoms with E-state index in [0.717, 1.165) is 0 Å². The van der Waals surface area contributed by atoms with E-state index in [9.17, 15) is 9.59 Å². The van der Waals surface area contributed by atoms with Crippen LogP contribution in [0.1, 0.15) is 15.4 Å². The predicted octanol–water partition coefficient (Wildman–Crippen LogP) is 1.05. The van der Waals surface area contributed by atoms with Crippen LogP contribution in [-0.4, -0.2) is 23.2 Å². The van der Waals surface area contributed by atoms with Gasteiger partial charge in [-0.3, -0.25) is 0 Å². The van der Waals surface area contributed by atoms with Gasteiger partial charge >= 0.3 is 11.9 Å². The zero-order chi connectivity index (χ0) is 10.8. The Morgan fingerprint density at radius 1 is 1.67 bits per heavy atom. The smallest absolute Gasteiger partial charge is 0.353 e. The highest BCUT2D eigenvalue weighted by Crippen LogP contribution is 2.16. The third kappa shape index (κ3) is 2.04. The van der Waals surface area contributed by atoms with Crippen LogP contribution in [0.3, 0.4) is 0 Å². The first-order chi connectivity index (χ1) is 7.16. The number of aryl methyl sites for hydroxylation is 1. The highest BCUT2D eigenvalue weighted by atomic mass is 32.1. The maximum absolute atomic E-state index is 11.5. The number of esters is 2. The molecule has 1 unspecified atom stereocenters. The largest absolute Gasteiger partial charge is 0.418 e. The summed E-state index contributed by atoms with van der Waals surface area (Å²) in [5, 5.41) is 0. The molecule has 1 aliphatic rings. The molecule has 0 bridgehead atoms. The molecule has 5 nitrogen and oxygen atoms in total. The molecule has 1 atom stereocenters. The summed E-state index contributed by atoms with van der Waals surface area (Å²) in [6, 6.07) is 0. The SMILES string of the molecule is Cc1ncsc1C(=O)OC1C=CC(=O)O1. The average molecular weight is 225 g/mol. The molecule has 6 heteroatoms. The van der Waals surface area contributed by atoms with Crippen LogP contribution in [0.4, 0.5) is 0 Å². The highest BCUT2D eigenvalue weighted by molar-refractivity contribution is 7.11. The van der Waals surface area contributed by atoms with Crippen molar-refractivity contribution in [2.24, 2.45) is 0 Å². The molecule has 0 radical (unpaired) electrons. The molecule has 0 saturated heterocycles. The van der Waals surface area contributed by atoms with E-state index in [1.807, 2.05) is 0 Å². The van der Waals surface area contributed by atoms with E-state index in [1.165, 1.54) is 23.5 Å². The van der Waals surface area contributed by atoms with E-state index in [4.69, 9.17) is 4.74 Å². The number of hydrogen-bond acceptors (Lipinski definition) is 6. The molecule has 1 aromatic heterocycles. The summed E-state index contributed by atoms with van der Waals surface area (Å²) in [4.78, 5) is 26.5. The molecule has 1 aromatic rings. The van der Waals surface area contributed by atoms with Crippen LogP contribution in [0.15, 0.2) is 17.7 Å². The van der Waals surface area contributed by atoms with Gasteiger partial charge in [0.1, 0.15) is 4.88 Å². The molecule has 0 spiro atoms. The van der Waals surface area contributed by atoms with Crippen molar-refractivity contribution in [3.63, 3.8) is 0 Å². The minimum absolute atomic E-state index is 0.423. The van der Waals surface area contributed by atoms with Crippen LogP contribution in [-0.2, 0) is 14.3 Å². The molecule has 0 aromatic carbocycles. The molecule has 2 heterocycles. The van der Waals surface area contributed by atoms with Gasteiger partial charge in [0.25, 0.3) is 6.29 Å². The molecular weight excluding hydrogens is 218 g/mol. The summed E-state index contributed by atoms with van der Waals surface area (Å²) in [6.07, 6.45) is 1.69. The molecule has 1 aliphatic heterocycles. The summed E-state index contributed by atoms with van der Waals surface area (Å²) in [6.45, 7) is 1.71. The number of rotatable bonds is 2. The molecule has 0 N–H and O–H groups in total. The number of nitrogens with zero attached hydrogens (tertiary/aromatic N) is 1. The molecule has 78 valence electrons. The van der Waals surface area contributed by atoms with Gasteiger partial charge in [0.05, 0.1) is 11.2 Å². The van der Waals surface area contributed by atoms with Crippen molar-refractivity contribution in [3.05, 3.63) is 28.2 Å². The number of ether oxygens (including phenoxy) is 2. The normalized spacial score (nSPS) is 19.0. The Bertz CT molecular complexity index is 437. The average Bonchev–Trinajstić information content (AvgIpc) is 2.75. The summed E-state index contributed by atoms with van der Waals surface area (Å²) < 4.78 is 9.57. The first-order valence-electron chi connectivity index (χ1n) is 4.16. The van der Waals surface area contributed by atoms with Crippen molar-refractivity contribution in [1.29, 1.82) is 0 Å². The second kappa shape index (κ2) is 3.82. The molecule has 15 heavy (non-hydrogen) atoms. The van der Waals surface area contributed by atoms with Crippen LogP contribution in [0.5, 0.6) is 0 Å². The van der Waals surface area contributed by atoms with E-state index in [0.29, 0.717) is 10.6 Å². The number of carbonyl (C=O) groups excluding carboxylic acids is 2. The molecule has 2 rings (SSSR count). The summed E-state index contributed by atoms with van der Waals surface area (Å²) in [5.74, 6) is -1.03. The lowest BCUT2D eigenvalue weighted by Gasteiger charge is -2.08. The van der Waals surface area contributed by atoms with Gasteiger partial charge in [-0.05, 0) is 6.92 Å². The highest BCUT2D eigenvalue weighted by Gasteiger charge is 2.23. The number of cyclic esters (lactones) is 1. The molecule has 0 saturated carbocycles. The van der Waals surface area contributed by atoms with Gasteiger partial charge in [-0.25, -0.2) is 14.6 Å². The van der Waals surface area contributed by atoms with Gasteiger partial charge < -0.3 is 9.47 Å². The van der Waals surface area contributed by atoms with Crippen molar-refractivity contribution >= 4 is 23.3 Å². The summed E-state index contributed by atoms with van der Waals surface area (Å²) >= 11 is 1.19. The number of thiazole rings is 1. The van der Waals surface area contributed by atoms with Crippen LogP contribution < -0.4 is 0 Å². The van der Waals surface area contributed by atoms with Crippen LogP contribution in [0, 0.1) is 6.92 Å². The Hall–Kier alpha value is -1.69. The van der Waals surface area contributed by atoms with Crippen molar-refractivity contribution in [2.45, 2.75) is 13.2 Å². The van der Waals surface area contributed by atoms with Gasteiger partial charge in [-0.2, -0.15) is 0 Å². The molecular formula is C9H7NO4S. The minimum atomic E-state index is -0.911. The van der Waals surface area contributed by atoms with Crippen LogP contribution in [0.25, 0.3) is 0 Å². The zero-order valence-corrected chi connectivity index (χ0v) is 8.61. The van der Waals surface area contributed by atoms with Gasteiger partial charge in [0.15, 0.2) is 0 Å². The van der Waals surface area contributed by atoms with E-state index >= 15 is 0 Å². The molecule has 0 fully saturated rings. The molecule has 0 aliphatic carbocycles. The maximum atomic E-state index is 11.5. The Morgan fingerprint density at radius 2 is 2.47 bits per heavy atom. The fraction of sp³-hybridized carbons (Fsp3) is 0.222. The first kappa shape index (κ1) is 9.85. The Labute approximate surface area is 89.3 Å². The maximum Gasteiger partial charge on any atom is 0.353 e. The van der Waals surface area contributed by atoms with Gasteiger partial charge in [-0.15, -0.1) is 11.3 Å². The number of aromatic nitrogens is 1. The fourth-order valence-corrected chi connectivity index (χ4v) is 1.75. The van der Waals surface area contributed by atoms with E-state index in [1.54, 1.807) is 12.4 Å². The third-order valence-electron chi connectivity index (χ3n) is 1.78. The Morgan fingerprint density at radius 3 is 3.00 bits per heavy atom. The van der Waals surface area contributed by atoms with Crippen molar-refractivity contribution < 1.29 is 19.1 Å². The lowest BCUT2D eigenvalue weighted by molar-refractivity contribution is -0.151. The second-order valence-electron chi connectivity index (χ2n) is 2.84.